The maximum absolute atomic E-state index is 7.55. The van der Waals surface area contributed by atoms with E-state index in [2.05, 4.69) is 4.98 Å². The van der Waals surface area contributed by atoms with Gasteiger partial charge in [-0.3, -0.25) is 10.4 Å². The van der Waals surface area contributed by atoms with Crippen LogP contribution in [0.5, 0.6) is 0 Å². The molecule has 0 aliphatic carbocycles. The number of aromatic nitrogens is 1. The van der Waals surface area contributed by atoms with Gasteiger partial charge in [0.05, 0.1) is 5.69 Å². The number of hydrogen-bond donors (Lipinski definition) is 2. The van der Waals surface area contributed by atoms with E-state index in [4.69, 9.17) is 22.7 Å². The molecule has 1 aromatic carbocycles. The van der Waals surface area contributed by atoms with Gasteiger partial charge in [0.25, 0.3) is 0 Å². The molecule has 3 N–H and O–H groups in total. The van der Waals surface area contributed by atoms with Crippen LogP contribution >= 0.6 is 11.6 Å². The summed E-state index contributed by atoms with van der Waals surface area (Å²) in [6.07, 6.45) is 1.63. The normalized spacial score (nSPS) is 10.2. The van der Waals surface area contributed by atoms with Gasteiger partial charge in [-0.05, 0) is 29.8 Å². The average Bonchev–Trinajstić information content (AvgIpc) is 2.38. The Balaban J connectivity index is 2.25. The van der Waals surface area contributed by atoms with Crippen molar-refractivity contribution in [1.82, 2.24) is 4.98 Å². The number of nitrogen functional groups attached to an aromatic ring is 1. The molecule has 0 spiro atoms. The molecule has 0 saturated carbocycles. The lowest BCUT2D eigenvalue weighted by molar-refractivity contribution is 0.915. The van der Waals surface area contributed by atoms with Crippen molar-refractivity contribution in [1.29, 1.82) is 5.41 Å². The Morgan fingerprint density at radius 2 is 2.16 bits per heavy atom. The minimum Gasteiger partial charge on any atom is -0.382 e. The molecule has 2 rings (SSSR count). The van der Waals surface area contributed by atoms with Crippen LogP contribution in [0, 0.1) is 5.41 Å². The predicted octanol–water partition coefficient (Wildman–Crippen LogP) is 2.66. The minimum atomic E-state index is -0.0338. The zero-order valence-electron chi connectivity index (χ0n) is 10.6. The van der Waals surface area contributed by atoms with Crippen molar-refractivity contribution in [2.75, 3.05) is 11.9 Å². The molecule has 0 aliphatic heterocycles. The number of pyridine rings is 1. The second kappa shape index (κ2) is 5.71. The van der Waals surface area contributed by atoms with E-state index in [1.807, 2.05) is 48.3 Å². The van der Waals surface area contributed by atoms with Gasteiger partial charge in [-0.15, -0.1) is 0 Å². The Morgan fingerprint density at radius 1 is 1.37 bits per heavy atom. The fraction of sp³-hybridized carbons (Fsp3) is 0.143. The van der Waals surface area contributed by atoms with Crippen LogP contribution in [-0.4, -0.2) is 17.9 Å². The summed E-state index contributed by atoms with van der Waals surface area (Å²) in [6, 6.07) is 11.4. The van der Waals surface area contributed by atoms with Gasteiger partial charge >= 0.3 is 0 Å². The molecule has 1 aromatic heterocycles. The number of nitrogens with one attached hydrogen (secondary N) is 1. The van der Waals surface area contributed by atoms with E-state index >= 15 is 0 Å². The highest BCUT2D eigenvalue weighted by Crippen LogP contribution is 2.20. The summed E-state index contributed by atoms with van der Waals surface area (Å²) in [7, 11) is 1.93. The van der Waals surface area contributed by atoms with Gasteiger partial charge in [0.1, 0.15) is 11.5 Å². The SMILES string of the molecule is CN(Cc1cccc(Cl)c1)c1cccnc1C(=N)N. The Morgan fingerprint density at radius 3 is 2.84 bits per heavy atom. The van der Waals surface area contributed by atoms with Crippen molar-refractivity contribution in [3.63, 3.8) is 0 Å². The van der Waals surface area contributed by atoms with Crippen LogP contribution in [0.15, 0.2) is 42.6 Å². The van der Waals surface area contributed by atoms with Gasteiger partial charge in [0.2, 0.25) is 0 Å². The lowest BCUT2D eigenvalue weighted by atomic mass is 10.2. The summed E-state index contributed by atoms with van der Waals surface area (Å²) in [6.45, 7) is 0.673. The van der Waals surface area contributed by atoms with Crippen molar-refractivity contribution in [3.8, 4) is 0 Å². The van der Waals surface area contributed by atoms with Crippen LogP contribution < -0.4 is 10.6 Å². The van der Waals surface area contributed by atoms with E-state index in [-0.39, 0.29) is 5.84 Å². The van der Waals surface area contributed by atoms with Gasteiger partial charge in [0, 0.05) is 24.8 Å². The molecule has 0 aliphatic rings. The maximum Gasteiger partial charge on any atom is 0.143 e. The number of anilines is 1. The number of amidine groups is 1. The molecule has 0 amide bonds. The third-order valence-corrected chi connectivity index (χ3v) is 3.00. The quantitative estimate of drug-likeness (QED) is 0.665. The van der Waals surface area contributed by atoms with Crippen molar-refractivity contribution in [2.24, 2.45) is 5.73 Å². The summed E-state index contributed by atoms with van der Waals surface area (Å²) < 4.78 is 0. The van der Waals surface area contributed by atoms with Crippen molar-refractivity contribution >= 4 is 23.1 Å². The highest BCUT2D eigenvalue weighted by Gasteiger charge is 2.11. The van der Waals surface area contributed by atoms with Gasteiger partial charge in [-0.2, -0.15) is 0 Å². The third-order valence-electron chi connectivity index (χ3n) is 2.76. The summed E-state index contributed by atoms with van der Waals surface area (Å²) in [5, 5.41) is 8.26. The smallest absolute Gasteiger partial charge is 0.143 e. The lowest BCUT2D eigenvalue weighted by Gasteiger charge is -2.21. The van der Waals surface area contributed by atoms with Crippen molar-refractivity contribution in [3.05, 3.63) is 58.9 Å². The molecule has 1 heterocycles. The van der Waals surface area contributed by atoms with E-state index in [0.29, 0.717) is 17.3 Å². The fourth-order valence-corrected chi connectivity index (χ4v) is 2.12. The van der Waals surface area contributed by atoms with E-state index in [0.717, 1.165) is 11.3 Å². The second-order valence-corrected chi connectivity index (χ2v) is 4.71. The van der Waals surface area contributed by atoms with Crippen molar-refractivity contribution in [2.45, 2.75) is 6.54 Å². The third kappa shape index (κ3) is 3.23. The molecule has 0 saturated heterocycles. The van der Waals surface area contributed by atoms with Crippen LogP contribution in [0.4, 0.5) is 5.69 Å². The highest BCUT2D eigenvalue weighted by molar-refractivity contribution is 6.30. The molecule has 19 heavy (non-hydrogen) atoms. The number of hydrogen-bond acceptors (Lipinski definition) is 3. The number of nitrogens with zero attached hydrogens (tertiary/aromatic N) is 2. The van der Waals surface area contributed by atoms with Crippen LogP contribution in [0.25, 0.3) is 0 Å². The topological polar surface area (TPSA) is 66.0 Å². The van der Waals surface area contributed by atoms with Gasteiger partial charge in [-0.25, -0.2) is 0 Å². The van der Waals surface area contributed by atoms with E-state index in [1.54, 1.807) is 6.20 Å². The number of benzene rings is 1. The van der Waals surface area contributed by atoms with E-state index in [9.17, 15) is 0 Å². The average molecular weight is 275 g/mol. The Kier molecular flexibility index (Phi) is 4.02. The van der Waals surface area contributed by atoms with E-state index < -0.39 is 0 Å². The Labute approximate surface area is 117 Å². The summed E-state index contributed by atoms with van der Waals surface area (Å²) in [5.41, 5.74) is 7.96. The number of halogens is 1. The molecule has 2 aromatic rings. The van der Waals surface area contributed by atoms with Crippen LogP contribution in [-0.2, 0) is 6.54 Å². The molecule has 5 heteroatoms. The zero-order chi connectivity index (χ0) is 13.8. The molecule has 0 fully saturated rings. The predicted molar refractivity (Wildman–Crippen MR) is 78.8 cm³/mol. The van der Waals surface area contributed by atoms with Gasteiger partial charge in [0.15, 0.2) is 0 Å². The van der Waals surface area contributed by atoms with Gasteiger partial charge < -0.3 is 10.6 Å². The second-order valence-electron chi connectivity index (χ2n) is 4.27. The first-order chi connectivity index (χ1) is 9.08. The molecular formula is C14H15ClN4. The fourth-order valence-electron chi connectivity index (χ4n) is 1.91. The molecule has 0 unspecified atom stereocenters. The molecule has 0 atom stereocenters. The maximum atomic E-state index is 7.55. The van der Waals surface area contributed by atoms with Crippen LogP contribution in [0.2, 0.25) is 5.02 Å². The monoisotopic (exact) mass is 274 g/mol. The molecule has 4 nitrogen and oxygen atoms in total. The zero-order valence-corrected chi connectivity index (χ0v) is 11.4. The highest BCUT2D eigenvalue weighted by atomic mass is 35.5. The number of nitrogens with two attached hydrogens (primary N) is 1. The Hall–Kier alpha value is -2.07. The Bertz CT molecular complexity index is 598. The summed E-state index contributed by atoms with van der Waals surface area (Å²) in [4.78, 5) is 6.14. The first-order valence-corrected chi connectivity index (χ1v) is 6.20. The minimum absolute atomic E-state index is 0.0338. The molecule has 98 valence electrons. The molecular weight excluding hydrogens is 260 g/mol. The summed E-state index contributed by atoms with van der Waals surface area (Å²) >= 11 is 5.97. The molecule has 0 radical (unpaired) electrons. The van der Waals surface area contributed by atoms with Crippen LogP contribution in [0.1, 0.15) is 11.3 Å². The lowest BCUT2D eigenvalue weighted by Crippen LogP contribution is -2.23. The first kappa shape index (κ1) is 13.4. The van der Waals surface area contributed by atoms with Gasteiger partial charge in [-0.1, -0.05) is 23.7 Å². The molecule has 0 bridgehead atoms. The van der Waals surface area contributed by atoms with Crippen LogP contribution in [0.3, 0.4) is 0 Å². The van der Waals surface area contributed by atoms with E-state index in [1.165, 1.54) is 0 Å². The van der Waals surface area contributed by atoms with Crippen molar-refractivity contribution < 1.29 is 0 Å². The number of rotatable bonds is 4. The largest absolute Gasteiger partial charge is 0.382 e. The standard InChI is InChI=1S/C14H15ClN4/c1-19(9-10-4-2-5-11(15)8-10)12-6-3-7-18-13(12)14(16)17/h2-8H,9H2,1H3,(H3,16,17). The summed E-state index contributed by atoms with van der Waals surface area (Å²) in [5.74, 6) is -0.0338. The first-order valence-electron chi connectivity index (χ1n) is 5.83.